The first-order chi connectivity index (χ1) is 21.6. The molecule has 2 amide bonds. The van der Waals surface area contributed by atoms with Crippen LogP contribution in [0.3, 0.4) is 0 Å². The standard InChI is InChI=1S/C37H46N2O6S/c1-35(2,3)25-37(27-15-9-7-10-16-27,28-17-11-8-12-18-28)46(42,43)45-29-21-20-26-14-13-19-32(30(26)24-29)39-23-22-31(33(39)40)38-34(41)44-36(4,5)6/h7-12,15-18,20-21,24,31-32H,13-14,19,22-23,25H2,1-6H3,(H,38,41)/t31-,32?/m1/s1. The van der Waals surface area contributed by atoms with Gasteiger partial charge in [0.1, 0.15) is 17.4 Å². The molecule has 0 aromatic heterocycles. The Morgan fingerprint density at radius 3 is 2.07 bits per heavy atom. The van der Waals surface area contributed by atoms with Crippen LogP contribution in [0.5, 0.6) is 5.75 Å². The summed E-state index contributed by atoms with van der Waals surface area (Å²) in [5.41, 5.74) is 2.17. The van der Waals surface area contributed by atoms with Crippen molar-refractivity contribution in [3.8, 4) is 5.75 Å². The van der Waals surface area contributed by atoms with Crippen molar-refractivity contribution in [1.82, 2.24) is 10.2 Å². The van der Waals surface area contributed by atoms with Gasteiger partial charge in [0.05, 0.1) is 6.04 Å². The van der Waals surface area contributed by atoms with Gasteiger partial charge in [-0.15, -0.1) is 0 Å². The molecule has 3 aromatic carbocycles. The van der Waals surface area contributed by atoms with Crippen LogP contribution in [0.4, 0.5) is 4.79 Å². The molecule has 1 saturated heterocycles. The van der Waals surface area contributed by atoms with Crippen LogP contribution in [0.25, 0.3) is 0 Å². The van der Waals surface area contributed by atoms with Crippen LogP contribution in [0.1, 0.15) is 95.5 Å². The van der Waals surface area contributed by atoms with Crippen molar-refractivity contribution in [3.05, 3.63) is 101 Å². The Morgan fingerprint density at radius 1 is 0.891 bits per heavy atom. The summed E-state index contributed by atoms with van der Waals surface area (Å²) in [6.07, 6.45) is 2.59. The monoisotopic (exact) mass is 646 g/mol. The Hall–Kier alpha value is -3.85. The first kappa shape index (κ1) is 33.5. The Kier molecular flexibility index (Phi) is 9.28. The van der Waals surface area contributed by atoms with Crippen molar-refractivity contribution in [3.63, 3.8) is 0 Å². The van der Waals surface area contributed by atoms with Crippen LogP contribution in [-0.4, -0.2) is 43.5 Å². The van der Waals surface area contributed by atoms with Gasteiger partial charge in [-0.1, -0.05) is 87.5 Å². The van der Waals surface area contributed by atoms with Gasteiger partial charge in [0.15, 0.2) is 4.75 Å². The highest BCUT2D eigenvalue weighted by molar-refractivity contribution is 7.88. The molecular formula is C37H46N2O6S. The van der Waals surface area contributed by atoms with Gasteiger partial charge in [-0.3, -0.25) is 4.79 Å². The number of hydrogen-bond acceptors (Lipinski definition) is 6. The van der Waals surface area contributed by atoms with Crippen LogP contribution in [0.2, 0.25) is 0 Å². The van der Waals surface area contributed by atoms with E-state index in [-0.39, 0.29) is 29.5 Å². The summed E-state index contributed by atoms with van der Waals surface area (Å²) in [7, 11) is -4.33. The van der Waals surface area contributed by atoms with E-state index in [0.29, 0.717) is 24.1 Å². The number of alkyl carbamates (subject to hydrolysis) is 1. The largest absolute Gasteiger partial charge is 0.444 e. The number of fused-ring (bicyclic) bond motifs is 1. The van der Waals surface area contributed by atoms with E-state index in [4.69, 9.17) is 8.92 Å². The van der Waals surface area contributed by atoms with Crippen LogP contribution < -0.4 is 9.50 Å². The molecule has 5 rings (SSSR count). The summed E-state index contributed by atoms with van der Waals surface area (Å²) in [5.74, 6) is 0.0471. The lowest BCUT2D eigenvalue weighted by Gasteiger charge is -2.38. The summed E-state index contributed by atoms with van der Waals surface area (Å²) < 4.78 is 39.6. The third-order valence-corrected chi connectivity index (χ3v) is 10.5. The smallest absolute Gasteiger partial charge is 0.408 e. The average molecular weight is 647 g/mol. The Bertz CT molecular complexity index is 1620. The van der Waals surface area contributed by atoms with Gasteiger partial charge < -0.3 is 19.1 Å². The fourth-order valence-electron chi connectivity index (χ4n) is 6.83. The van der Waals surface area contributed by atoms with Crippen molar-refractivity contribution < 1.29 is 26.9 Å². The summed E-state index contributed by atoms with van der Waals surface area (Å²) in [6, 6.07) is 23.1. The van der Waals surface area contributed by atoms with Crippen LogP contribution in [0.15, 0.2) is 78.9 Å². The second-order valence-corrected chi connectivity index (χ2v) is 16.4. The first-order valence-electron chi connectivity index (χ1n) is 16.1. The lowest BCUT2D eigenvalue weighted by molar-refractivity contribution is -0.131. The minimum absolute atomic E-state index is 0.167. The highest BCUT2D eigenvalue weighted by atomic mass is 32.2. The van der Waals surface area contributed by atoms with Gasteiger partial charge in [-0.2, -0.15) is 8.42 Å². The second-order valence-electron chi connectivity index (χ2n) is 14.6. The molecule has 1 N–H and O–H groups in total. The molecule has 246 valence electrons. The molecule has 0 spiro atoms. The topological polar surface area (TPSA) is 102 Å². The molecule has 3 aromatic rings. The van der Waals surface area contributed by atoms with E-state index in [1.165, 1.54) is 0 Å². The molecule has 1 aliphatic heterocycles. The van der Waals surface area contributed by atoms with E-state index in [1.54, 1.807) is 37.8 Å². The van der Waals surface area contributed by atoms with Crippen molar-refractivity contribution in [2.24, 2.45) is 5.41 Å². The van der Waals surface area contributed by atoms with Gasteiger partial charge in [0.2, 0.25) is 5.91 Å². The number of benzene rings is 3. The maximum atomic E-state index is 14.8. The van der Waals surface area contributed by atoms with E-state index in [9.17, 15) is 18.0 Å². The molecular weight excluding hydrogens is 600 g/mol. The van der Waals surface area contributed by atoms with Crippen molar-refractivity contribution in [1.29, 1.82) is 0 Å². The Labute approximate surface area is 273 Å². The van der Waals surface area contributed by atoms with Gasteiger partial charge >= 0.3 is 16.2 Å². The molecule has 0 radical (unpaired) electrons. The molecule has 1 unspecified atom stereocenters. The third kappa shape index (κ3) is 7.09. The van der Waals surface area contributed by atoms with Crippen molar-refractivity contribution in [2.75, 3.05) is 6.54 Å². The predicted molar refractivity (Wildman–Crippen MR) is 179 cm³/mol. The predicted octanol–water partition coefficient (Wildman–Crippen LogP) is 7.28. The molecule has 1 aliphatic carbocycles. The van der Waals surface area contributed by atoms with Crippen LogP contribution in [0, 0.1) is 5.41 Å². The number of amides is 2. The molecule has 2 atom stereocenters. The third-order valence-electron chi connectivity index (χ3n) is 8.60. The number of rotatable bonds is 8. The molecule has 8 nitrogen and oxygen atoms in total. The van der Waals surface area contributed by atoms with Gasteiger partial charge in [-0.25, -0.2) is 4.79 Å². The average Bonchev–Trinajstić information content (AvgIpc) is 3.33. The number of ether oxygens (including phenoxy) is 1. The lowest BCUT2D eigenvalue weighted by Crippen LogP contribution is -2.44. The quantitative estimate of drug-likeness (QED) is 0.258. The van der Waals surface area contributed by atoms with Gasteiger partial charge in [0.25, 0.3) is 0 Å². The number of carbonyl (C=O) groups is 2. The molecule has 9 heteroatoms. The van der Waals surface area contributed by atoms with Crippen LogP contribution >= 0.6 is 0 Å². The van der Waals surface area contributed by atoms with Crippen molar-refractivity contribution >= 4 is 22.1 Å². The zero-order valence-corrected chi connectivity index (χ0v) is 28.5. The normalized spacial score (nSPS) is 19.0. The minimum atomic E-state index is -4.33. The first-order valence-corrected chi connectivity index (χ1v) is 17.5. The molecule has 2 aliphatic rings. The number of carbonyl (C=O) groups excluding carboxylic acids is 2. The van der Waals surface area contributed by atoms with E-state index < -0.39 is 32.6 Å². The number of aryl methyl sites for hydroxylation is 1. The molecule has 0 bridgehead atoms. The Morgan fingerprint density at radius 2 is 1.50 bits per heavy atom. The number of nitrogens with one attached hydrogen (secondary N) is 1. The molecule has 0 saturated carbocycles. The van der Waals surface area contributed by atoms with E-state index in [0.717, 1.165) is 30.4 Å². The fourth-order valence-corrected chi connectivity index (χ4v) is 8.79. The molecule has 1 heterocycles. The van der Waals surface area contributed by atoms with E-state index >= 15 is 0 Å². The maximum Gasteiger partial charge on any atom is 0.408 e. The maximum absolute atomic E-state index is 14.8. The van der Waals surface area contributed by atoms with E-state index in [1.807, 2.05) is 87.5 Å². The SMILES string of the molecule is CC(C)(C)CC(c1ccccc1)(c1ccccc1)S(=O)(=O)Oc1ccc2c(c1)C(N1CC[C@@H](NC(=O)OC(C)(C)C)C1=O)CCC2. The number of likely N-dealkylation sites (tertiary alicyclic amines) is 1. The van der Waals surface area contributed by atoms with Gasteiger partial charge in [-0.05, 0) is 92.7 Å². The zero-order valence-electron chi connectivity index (χ0n) is 27.7. The second kappa shape index (κ2) is 12.7. The summed E-state index contributed by atoms with van der Waals surface area (Å²) >= 11 is 0. The zero-order chi connectivity index (χ0) is 33.3. The minimum Gasteiger partial charge on any atom is -0.444 e. The highest BCUT2D eigenvalue weighted by Gasteiger charge is 2.51. The summed E-state index contributed by atoms with van der Waals surface area (Å²) in [5, 5.41) is 2.73. The van der Waals surface area contributed by atoms with Crippen LogP contribution in [-0.2, 0) is 30.8 Å². The summed E-state index contributed by atoms with van der Waals surface area (Å²) in [4.78, 5) is 27.8. The Balaban J connectivity index is 1.48. The number of hydrogen-bond donors (Lipinski definition) is 1. The molecule has 46 heavy (non-hydrogen) atoms. The lowest BCUT2D eigenvalue weighted by atomic mass is 9.77. The fraction of sp³-hybridized carbons (Fsp3) is 0.459. The highest BCUT2D eigenvalue weighted by Crippen LogP contribution is 2.48. The molecule has 1 fully saturated rings. The number of nitrogens with zero attached hydrogens (tertiary/aromatic N) is 1. The van der Waals surface area contributed by atoms with Gasteiger partial charge in [0, 0.05) is 6.54 Å². The van der Waals surface area contributed by atoms with Crippen molar-refractivity contribution in [2.45, 2.75) is 96.1 Å². The summed E-state index contributed by atoms with van der Waals surface area (Å²) in [6.45, 7) is 11.9. The van der Waals surface area contributed by atoms with E-state index in [2.05, 4.69) is 5.32 Å².